The largest absolute Gasteiger partial charge is 0.481 e. The second kappa shape index (κ2) is 5.53. The van der Waals surface area contributed by atoms with Crippen molar-refractivity contribution in [2.24, 2.45) is 11.7 Å². The van der Waals surface area contributed by atoms with Crippen LogP contribution in [0.15, 0.2) is 0 Å². The fraction of sp³-hybridized carbons (Fsp3) is 0.750. The van der Waals surface area contributed by atoms with Crippen molar-refractivity contribution in [2.45, 2.75) is 26.3 Å². The molecule has 0 aliphatic heterocycles. The smallest absolute Gasteiger partial charge is 0.304 e. The summed E-state index contributed by atoms with van der Waals surface area (Å²) in [6.07, 6.45) is -0.213. The third-order valence-corrected chi connectivity index (χ3v) is 1.51. The standard InChI is InChI=1S/C8H16N2O3/c1-5(2)10-8(13)6(4-9)3-7(11)12/h5-6H,3-4,9H2,1-2H3,(H,10,13)(H,11,12). The highest BCUT2D eigenvalue weighted by Crippen LogP contribution is 2.01. The average molecular weight is 188 g/mol. The molecule has 0 spiro atoms. The first-order chi connectivity index (χ1) is 5.97. The first kappa shape index (κ1) is 11.9. The van der Waals surface area contributed by atoms with E-state index in [0.717, 1.165) is 0 Å². The molecule has 0 radical (unpaired) electrons. The molecule has 4 N–H and O–H groups in total. The van der Waals surface area contributed by atoms with Crippen LogP contribution in [0.3, 0.4) is 0 Å². The molecule has 0 aromatic carbocycles. The van der Waals surface area contributed by atoms with Gasteiger partial charge in [-0.05, 0) is 13.8 Å². The second-order valence-corrected chi connectivity index (χ2v) is 3.19. The molecule has 0 aromatic rings. The van der Waals surface area contributed by atoms with E-state index in [1.807, 2.05) is 13.8 Å². The zero-order valence-corrected chi connectivity index (χ0v) is 7.91. The summed E-state index contributed by atoms with van der Waals surface area (Å²) in [6, 6.07) is 0.00958. The van der Waals surface area contributed by atoms with Crippen LogP contribution in [0.5, 0.6) is 0 Å². The predicted molar refractivity (Wildman–Crippen MR) is 48.1 cm³/mol. The van der Waals surface area contributed by atoms with Crippen molar-refractivity contribution in [3.8, 4) is 0 Å². The summed E-state index contributed by atoms with van der Waals surface area (Å²) in [5.41, 5.74) is 5.27. The van der Waals surface area contributed by atoms with Gasteiger partial charge in [-0.1, -0.05) is 0 Å². The Balaban J connectivity index is 4.07. The third kappa shape index (κ3) is 5.19. The van der Waals surface area contributed by atoms with Gasteiger partial charge in [-0.25, -0.2) is 0 Å². The minimum atomic E-state index is -1.01. The minimum absolute atomic E-state index is 0.00958. The molecule has 0 fully saturated rings. The van der Waals surface area contributed by atoms with Crippen LogP contribution in [-0.2, 0) is 9.59 Å². The molecule has 5 heteroatoms. The number of carboxylic acids is 1. The summed E-state index contributed by atoms with van der Waals surface area (Å²) in [4.78, 5) is 21.6. The van der Waals surface area contributed by atoms with E-state index in [0.29, 0.717) is 0 Å². The molecule has 0 bridgehead atoms. The number of carbonyl (C=O) groups excluding carboxylic acids is 1. The SMILES string of the molecule is CC(C)NC(=O)C(CN)CC(=O)O. The van der Waals surface area contributed by atoms with Gasteiger partial charge in [0.25, 0.3) is 0 Å². The summed E-state index contributed by atoms with van der Waals surface area (Å²) in [6.45, 7) is 3.68. The van der Waals surface area contributed by atoms with Gasteiger partial charge < -0.3 is 16.2 Å². The lowest BCUT2D eigenvalue weighted by Gasteiger charge is -2.14. The maximum Gasteiger partial charge on any atom is 0.304 e. The van der Waals surface area contributed by atoms with Gasteiger partial charge in [0.2, 0.25) is 5.91 Å². The van der Waals surface area contributed by atoms with Crippen LogP contribution in [-0.4, -0.2) is 29.6 Å². The van der Waals surface area contributed by atoms with Gasteiger partial charge >= 0.3 is 5.97 Å². The minimum Gasteiger partial charge on any atom is -0.481 e. The van der Waals surface area contributed by atoms with Crippen molar-refractivity contribution < 1.29 is 14.7 Å². The van der Waals surface area contributed by atoms with Crippen LogP contribution in [0.1, 0.15) is 20.3 Å². The molecule has 5 nitrogen and oxygen atoms in total. The van der Waals surface area contributed by atoms with E-state index < -0.39 is 11.9 Å². The molecule has 0 heterocycles. The molecule has 0 saturated carbocycles. The van der Waals surface area contributed by atoms with Gasteiger partial charge in [0.15, 0.2) is 0 Å². The first-order valence-corrected chi connectivity index (χ1v) is 4.19. The third-order valence-electron chi connectivity index (χ3n) is 1.51. The van der Waals surface area contributed by atoms with Crippen molar-refractivity contribution >= 4 is 11.9 Å². The highest BCUT2D eigenvalue weighted by molar-refractivity contribution is 5.83. The number of nitrogens with one attached hydrogen (secondary N) is 1. The molecule has 1 amide bonds. The molecule has 0 rings (SSSR count). The molecule has 76 valence electrons. The number of nitrogens with two attached hydrogens (primary N) is 1. The number of hydrogen-bond acceptors (Lipinski definition) is 3. The lowest BCUT2D eigenvalue weighted by Crippen LogP contribution is -2.39. The van der Waals surface area contributed by atoms with Gasteiger partial charge in [0, 0.05) is 12.6 Å². The molecule has 13 heavy (non-hydrogen) atoms. The number of hydrogen-bond donors (Lipinski definition) is 3. The number of carboxylic acid groups (broad SMARTS) is 1. The summed E-state index contributed by atoms with van der Waals surface area (Å²) in [5, 5.41) is 11.1. The van der Waals surface area contributed by atoms with Crippen molar-refractivity contribution in [1.82, 2.24) is 5.32 Å². The molecular formula is C8H16N2O3. The van der Waals surface area contributed by atoms with Gasteiger partial charge in [-0.3, -0.25) is 9.59 Å². The number of amides is 1. The van der Waals surface area contributed by atoms with Gasteiger partial charge in [0.05, 0.1) is 12.3 Å². The molecule has 1 unspecified atom stereocenters. The zero-order valence-electron chi connectivity index (χ0n) is 7.91. The Hall–Kier alpha value is -1.10. The Morgan fingerprint density at radius 3 is 2.31 bits per heavy atom. The van der Waals surface area contributed by atoms with Crippen LogP contribution in [0.2, 0.25) is 0 Å². The van der Waals surface area contributed by atoms with E-state index in [-0.39, 0.29) is 24.9 Å². The van der Waals surface area contributed by atoms with Gasteiger partial charge in [0.1, 0.15) is 0 Å². The molecular weight excluding hydrogens is 172 g/mol. The predicted octanol–water partition coefficient (Wildman–Crippen LogP) is -0.439. The summed E-state index contributed by atoms with van der Waals surface area (Å²) in [7, 11) is 0. The van der Waals surface area contributed by atoms with E-state index in [9.17, 15) is 9.59 Å². The molecule has 0 saturated heterocycles. The lowest BCUT2D eigenvalue weighted by molar-refractivity contribution is -0.141. The van der Waals surface area contributed by atoms with Crippen LogP contribution < -0.4 is 11.1 Å². The van der Waals surface area contributed by atoms with Crippen molar-refractivity contribution in [2.75, 3.05) is 6.54 Å². The lowest BCUT2D eigenvalue weighted by atomic mass is 10.0. The Kier molecular flexibility index (Phi) is 5.06. The quantitative estimate of drug-likeness (QED) is 0.545. The normalized spacial score (nSPS) is 12.6. The van der Waals surface area contributed by atoms with Crippen LogP contribution in [0.25, 0.3) is 0 Å². The Labute approximate surface area is 77.3 Å². The van der Waals surface area contributed by atoms with Crippen LogP contribution in [0, 0.1) is 5.92 Å². The zero-order chi connectivity index (χ0) is 10.4. The van der Waals surface area contributed by atoms with Crippen LogP contribution in [0.4, 0.5) is 0 Å². The van der Waals surface area contributed by atoms with E-state index in [1.54, 1.807) is 0 Å². The number of rotatable bonds is 5. The van der Waals surface area contributed by atoms with E-state index >= 15 is 0 Å². The van der Waals surface area contributed by atoms with Gasteiger partial charge in [-0.15, -0.1) is 0 Å². The maximum atomic E-state index is 11.3. The summed E-state index contributed by atoms with van der Waals surface area (Å²) in [5.74, 6) is -1.92. The summed E-state index contributed by atoms with van der Waals surface area (Å²) < 4.78 is 0. The van der Waals surface area contributed by atoms with Crippen molar-refractivity contribution in [3.05, 3.63) is 0 Å². The topological polar surface area (TPSA) is 92.4 Å². The second-order valence-electron chi connectivity index (χ2n) is 3.19. The summed E-state index contributed by atoms with van der Waals surface area (Å²) >= 11 is 0. The Bertz CT molecular complexity index is 192. The molecule has 0 aromatic heterocycles. The Morgan fingerprint density at radius 1 is 1.46 bits per heavy atom. The highest BCUT2D eigenvalue weighted by atomic mass is 16.4. The van der Waals surface area contributed by atoms with Crippen LogP contribution >= 0.6 is 0 Å². The fourth-order valence-electron chi connectivity index (χ4n) is 0.896. The average Bonchev–Trinajstić information content (AvgIpc) is 1.98. The van der Waals surface area contributed by atoms with E-state index in [4.69, 9.17) is 10.8 Å². The van der Waals surface area contributed by atoms with E-state index in [1.165, 1.54) is 0 Å². The Morgan fingerprint density at radius 2 is 2.00 bits per heavy atom. The molecule has 1 atom stereocenters. The monoisotopic (exact) mass is 188 g/mol. The number of aliphatic carboxylic acids is 1. The first-order valence-electron chi connectivity index (χ1n) is 4.19. The van der Waals surface area contributed by atoms with Crippen molar-refractivity contribution in [3.63, 3.8) is 0 Å². The number of carbonyl (C=O) groups is 2. The van der Waals surface area contributed by atoms with E-state index in [2.05, 4.69) is 5.32 Å². The van der Waals surface area contributed by atoms with Gasteiger partial charge in [-0.2, -0.15) is 0 Å². The highest BCUT2D eigenvalue weighted by Gasteiger charge is 2.20. The maximum absolute atomic E-state index is 11.3. The molecule has 0 aliphatic carbocycles. The molecule has 0 aliphatic rings. The van der Waals surface area contributed by atoms with Crippen molar-refractivity contribution in [1.29, 1.82) is 0 Å². The fourth-order valence-corrected chi connectivity index (χ4v) is 0.896.